The van der Waals surface area contributed by atoms with E-state index in [1.165, 1.54) is 0 Å². The molecule has 0 aromatic carbocycles. The van der Waals surface area contributed by atoms with E-state index in [4.69, 9.17) is 0 Å². The van der Waals surface area contributed by atoms with Crippen molar-refractivity contribution in [3.63, 3.8) is 0 Å². The molecule has 3 nitrogen and oxygen atoms in total. The number of hydrogen-bond donors (Lipinski definition) is 0. The molecular formula is C12H18N2O. The molecule has 15 heavy (non-hydrogen) atoms. The van der Waals surface area contributed by atoms with Crippen LogP contribution in [0.1, 0.15) is 37.7 Å². The van der Waals surface area contributed by atoms with Gasteiger partial charge in [-0.25, -0.2) is 0 Å². The zero-order chi connectivity index (χ0) is 11.3. The first kappa shape index (κ1) is 11.7. The largest absolute Gasteiger partial charge is 0.371 e. The van der Waals surface area contributed by atoms with Crippen molar-refractivity contribution < 1.29 is 4.79 Å². The van der Waals surface area contributed by atoms with Crippen LogP contribution in [0.5, 0.6) is 0 Å². The number of aromatic nitrogens is 1. The third-order valence-corrected chi connectivity index (χ3v) is 2.48. The third-order valence-electron chi connectivity index (χ3n) is 2.48. The summed E-state index contributed by atoms with van der Waals surface area (Å²) in [5.41, 5.74) is 1.64. The normalized spacial score (nSPS) is 10.1. The molecule has 0 aliphatic heterocycles. The average molecular weight is 206 g/mol. The first-order valence-electron chi connectivity index (χ1n) is 5.47. The summed E-state index contributed by atoms with van der Waals surface area (Å²) in [7, 11) is 0. The Kier molecular flexibility index (Phi) is 4.28. The van der Waals surface area contributed by atoms with Crippen molar-refractivity contribution in [2.75, 3.05) is 18.0 Å². The van der Waals surface area contributed by atoms with E-state index in [0.717, 1.165) is 18.8 Å². The molecule has 0 amide bonds. The molecule has 0 unspecified atom stereocenters. The van der Waals surface area contributed by atoms with Crippen LogP contribution in [0.3, 0.4) is 0 Å². The summed E-state index contributed by atoms with van der Waals surface area (Å²) in [6.45, 7) is 7.98. The smallest absolute Gasteiger partial charge is 0.180 e. The second-order valence-corrected chi connectivity index (χ2v) is 3.35. The lowest BCUT2D eigenvalue weighted by Crippen LogP contribution is -2.22. The highest BCUT2D eigenvalue weighted by Gasteiger charge is 2.06. The van der Waals surface area contributed by atoms with Crippen LogP contribution in [0, 0.1) is 0 Å². The molecule has 0 radical (unpaired) electrons. The molecule has 0 bridgehead atoms. The maximum Gasteiger partial charge on any atom is 0.180 e. The highest BCUT2D eigenvalue weighted by Crippen LogP contribution is 2.13. The number of hydrogen-bond acceptors (Lipinski definition) is 3. The van der Waals surface area contributed by atoms with Crippen molar-refractivity contribution in [1.82, 2.24) is 4.98 Å². The van der Waals surface area contributed by atoms with Gasteiger partial charge >= 0.3 is 0 Å². The molecule has 0 aliphatic carbocycles. The van der Waals surface area contributed by atoms with Crippen molar-refractivity contribution in [3.05, 3.63) is 24.0 Å². The van der Waals surface area contributed by atoms with Gasteiger partial charge in [0.25, 0.3) is 0 Å². The number of carbonyl (C=O) groups excluding carboxylic acids is 1. The minimum Gasteiger partial charge on any atom is -0.371 e. The first-order chi connectivity index (χ1) is 7.22. The van der Waals surface area contributed by atoms with E-state index in [2.05, 4.69) is 23.7 Å². The zero-order valence-corrected chi connectivity index (χ0v) is 9.66. The quantitative estimate of drug-likeness (QED) is 0.694. The molecular weight excluding hydrogens is 188 g/mol. The van der Waals surface area contributed by atoms with Gasteiger partial charge in [0.2, 0.25) is 0 Å². The summed E-state index contributed by atoms with van der Waals surface area (Å²) in [5.74, 6) is 0.0982. The van der Waals surface area contributed by atoms with E-state index in [-0.39, 0.29) is 5.78 Å². The second kappa shape index (κ2) is 5.49. The highest BCUT2D eigenvalue weighted by molar-refractivity contribution is 5.94. The van der Waals surface area contributed by atoms with Gasteiger partial charge in [0, 0.05) is 19.5 Å². The Morgan fingerprint density at radius 2 is 1.93 bits per heavy atom. The van der Waals surface area contributed by atoms with Crippen molar-refractivity contribution in [1.29, 1.82) is 0 Å². The van der Waals surface area contributed by atoms with Crippen LogP contribution in [0.25, 0.3) is 0 Å². The Hall–Kier alpha value is -1.38. The van der Waals surface area contributed by atoms with Gasteiger partial charge in [-0.1, -0.05) is 6.92 Å². The number of nitrogens with zero attached hydrogens (tertiary/aromatic N) is 2. The van der Waals surface area contributed by atoms with Gasteiger partial charge in [0.05, 0.1) is 11.9 Å². The number of anilines is 1. The monoisotopic (exact) mass is 206 g/mol. The van der Waals surface area contributed by atoms with Crippen LogP contribution in [-0.4, -0.2) is 23.9 Å². The van der Waals surface area contributed by atoms with Crippen LogP contribution in [0.2, 0.25) is 0 Å². The number of rotatable bonds is 5. The van der Waals surface area contributed by atoms with Crippen LogP contribution in [-0.2, 0) is 0 Å². The van der Waals surface area contributed by atoms with Gasteiger partial charge in [-0.3, -0.25) is 9.78 Å². The summed E-state index contributed by atoms with van der Waals surface area (Å²) in [6.07, 6.45) is 2.29. The molecule has 0 N–H and O–H groups in total. The maximum atomic E-state index is 11.4. The van der Waals surface area contributed by atoms with E-state index in [9.17, 15) is 4.79 Å². The van der Waals surface area contributed by atoms with Crippen molar-refractivity contribution in [2.24, 2.45) is 0 Å². The predicted molar refractivity (Wildman–Crippen MR) is 62.4 cm³/mol. The summed E-state index contributed by atoms with van der Waals surface area (Å²) >= 11 is 0. The van der Waals surface area contributed by atoms with E-state index < -0.39 is 0 Å². The van der Waals surface area contributed by atoms with E-state index >= 15 is 0 Å². The number of Topliss-reactive ketones (excluding diaryl/α,β-unsaturated/α-hetero) is 1. The highest BCUT2D eigenvalue weighted by atomic mass is 16.1. The average Bonchev–Trinajstić information content (AvgIpc) is 2.30. The van der Waals surface area contributed by atoms with Gasteiger partial charge < -0.3 is 4.90 Å². The van der Waals surface area contributed by atoms with Crippen LogP contribution in [0.4, 0.5) is 5.69 Å². The fourth-order valence-electron chi connectivity index (χ4n) is 1.51. The standard InChI is InChI=1S/C12H18N2O/c1-4-12(15)11-8-7-10(9-13-11)14(5-2)6-3/h7-9H,4-6H2,1-3H3. The Labute approximate surface area is 91.1 Å². The minimum absolute atomic E-state index is 0.0982. The molecule has 1 heterocycles. The minimum atomic E-state index is 0.0982. The van der Waals surface area contributed by atoms with Gasteiger partial charge in [0.15, 0.2) is 5.78 Å². The fourth-order valence-corrected chi connectivity index (χ4v) is 1.51. The van der Waals surface area contributed by atoms with Gasteiger partial charge in [-0.15, -0.1) is 0 Å². The molecule has 0 spiro atoms. The fraction of sp³-hybridized carbons (Fsp3) is 0.500. The van der Waals surface area contributed by atoms with E-state index in [1.807, 2.05) is 13.0 Å². The van der Waals surface area contributed by atoms with Gasteiger partial charge in [-0.2, -0.15) is 0 Å². The lowest BCUT2D eigenvalue weighted by molar-refractivity contribution is 0.0983. The molecule has 0 aliphatic rings. The van der Waals surface area contributed by atoms with E-state index in [0.29, 0.717) is 12.1 Å². The van der Waals surface area contributed by atoms with Crippen LogP contribution in [0.15, 0.2) is 18.3 Å². The summed E-state index contributed by atoms with van der Waals surface area (Å²) in [6, 6.07) is 3.77. The Morgan fingerprint density at radius 1 is 1.27 bits per heavy atom. The Balaban J connectivity index is 2.84. The summed E-state index contributed by atoms with van der Waals surface area (Å²) in [5, 5.41) is 0. The third kappa shape index (κ3) is 2.78. The topological polar surface area (TPSA) is 33.2 Å². The van der Waals surface area contributed by atoms with Crippen LogP contribution < -0.4 is 4.90 Å². The molecule has 0 saturated heterocycles. The lowest BCUT2D eigenvalue weighted by Gasteiger charge is -2.20. The summed E-state index contributed by atoms with van der Waals surface area (Å²) in [4.78, 5) is 17.7. The molecule has 0 saturated carbocycles. The molecule has 1 rings (SSSR count). The SMILES string of the molecule is CCC(=O)c1ccc(N(CC)CC)cn1. The molecule has 0 atom stereocenters. The van der Waals surface area contributed by atoms with E-state index in [1.54, 1.807) is 12.3 Å². The Bertz CT molecular complexity index is 315. The van der Waals surface area contributed by atoms with Crippen molar-refractivity contribution >= 4 is 11.5 Å². The number of pyridine rings is 1. The first-order valence-corrected chi connectivity index (χ1v) is 5.47. The zero-order valence-electron chi connectivity index (χ0n) is 9.66. The molecule has 0 fully saturated rings. The summed E-state index contributed by atoms with van der Waals surface area (Å²) < 4.78 is 0. The number of carbonyl (C=O) groups is 1. The second-order valence-electron chi connectivity index (χ2n) is 3.35. The van der Waals surface area contributed by atoms with Crippen molar-refractivity contribution in [3.8, 4) is 0 Å². The molecule has 82 valence electrons. The predicted octanol–water partition coefficient (Wildman–Crippen LogP) is 2.52. The molecule has 3 heteroatoms. The Morgan fingerprint density at radius 3 is 2.33 bits per heavy atom. The number of ketones is 1. The van der Waals surface area contributed by atoms with Gasteiger partial charge in [0.1, 0.15) is 5.69 Å². The van der Waals surface area contributed by atoms with Gasteiger partial charge in [-0.05, 0) is 26.0 Å². The van der Waals surface area contributed by atoms with Crippen molar-refractivity contribution in [2.45, 2.75) is 27.2 Å². The maximum absolute atomic E-state index is 11.4. The molecule has 1 aromatic rings. The lowest BCUT2D eigenvalue weighted by atomic mass is 10.2. The molecule has 1 aromatic heterocycles. The van der Waals surface area contributed by atoms with Crippen LogP contribution >= 0.6 is 0 Å².